The number of hydrogen-bond acceptors (Lipinski definition) is 3. The fourth-order valence-electron chi connectivity index (χ4n) is 1.16. The van der Waals surface area contributed by atoms with E-state index in [9.17, 15) is 0 Å². The predicted molar refractivity (Wildman–Crippen MR) is 81.3 cm³/mol. The van der Waals surface area contributed by atoms with Gasteiger partial charge in [0.25, 0.3) is 0 Å². The van der Waals surface area contributed by atoms with Gasteiger partial charge in [-0.2, -0.15) is 0 Å². The molecule has 0 saturated carbocycles. The number of aromatic nitrogens is 1. The molecule has 2 rings (SSSR count). The van der Waals surface area contributed by atoms with Gasteiger partial charge >= 0.3 is 0 Å². The van der Waals surface area contributed by atoms with Crippen LogP contribution < -0.4 is 4.72 Å². The van der Waals surface area contributed by atoms with Gasteiger partial charge in [-0.1, -0.05) is 49.7 Å². The first-order valence-corrected chi connectivity index (χ1v) is 7.06. The highest BCUT2D eigenvalue weighted by molar-refractivity contribution is 8.00. The number of nitrogens with zero attached hydrogens (tertiary/aromatic N) is 1. The van der Waals surface area contributed by atoms with E-state index >= 15 is 0 Å². The molecule has 1 aromatic carbocycles. The van der Waals surface area contributed by atoms with Gasteiger partial charge in [0.1, 0.15) is 11.0 Å². The summed E-state index contributed by atoms with van der Waals surface area (Å²) in [6, 6.07) is 13.9. The molecule has 0 atom stereocenters. The summed E-state index contributed by atoms with van der Waals surface area (Å²) in [4.78, 5) is 5.36. The van der Waals surface area contributed by atoms with Crippen LogP contribution in [0.5, 0.6) is 0 Å². The van der Waals surface area contributed by atoms with Crippen molar-refractivity contribution in [3.05, 3.63) is 53.2 Å². The summed E-state index contributed by atoms with van der Waals surface area (Å²) in [7, 11) is 0. The molecule has 2 aromatic rings. The van der Waals surface area contributed by atoms with Crippen LogP contribution in [0.3, 0.4) is 0 Å². The Bertz CT molecular complexity index is 474. The van der Waals surface area contributed by atoms with Crippen LogP contribution in [-0.4, -0.2) is 4.98 Å². The fourth-order valence-corrected chi connectivity index (χ4v) is 1.94. The van der Waals surface area contributed by atoms with Gasteiger partial charge in [-0.15, -0.1) is 0 Å². The van der Waals surface area contributed by atoms with Gasteiger partial charge < -0.3 is 4.72 Å². The van der Waals surface area contributed by atoms with Gasteiger partial charge in [-0.25, -0.2) is 4.98 Å². The van der Waals surface area contributed by atoms with Crippen molar-refractivity contribution < 1.29 is 0 Å². The van der Waals surface area contributed by atoms with Crippen molar-refractivity contribution in [2.45, 2.75) is 25.7 Å². The van der Waals surface area contributed by atoms with E-state index in [0.29, 0.717) is 5.15 Å². The molecule has 96 valence electrons. The maximum absolute atomic E-state index is 5.94. The summed E-state index contributed by atoms with van der Waals surface area (Å²) in [6.45, 7) is 5.93. The summed E-state index contributed by atoms with van der Waals surface area (Å²) < 4.78 is 3.15. The van der Waals surface area contributed by atoms with E-state index in [1.807, 2.05) is 63.2 Å². The minimum Gasteiger partial charge on any atom is -0.310 e. The number of rotatable bonds is 3. The van der Waals surface area contributed by atoms with Crippen molar-refractivity contribution in [2.75, 3.05) is 4.72 Å². The van der Waals surface area contributed by atoms with Gasteiger partial charge in [0.05, 0.1) is 0 Å². The Balaban J connectivity index is 0.000000771. The number of aryl methyl sites for hydroxylation is 1. The molecule has 0 spiro atoms. The van der Waals surface area contributed by atoms with Gasteiger partial charge in [0.15, 0.2) is 0 Å². The van der Waals surface area contributed by atoms with E-state index < -0.39 is 0 Å². The number of hydrogen-bond donors (Lipinski definition) is 1. The summed E-state index contributed by atoms with van der Waals surface area (Å²) >= 11 is 7.45. The number of benzene rings is 1. The first-order chi connectivity index (χ1) is 8.75. The zero-order valence-corrected chi connectivity index (χ0v) is 12.3. The van der Waals surface area contributed by atoms with Crippen LogP contribution in [-0.2, 0) is 0 Å². The quantitative estimate of drug-likeness (QED) is 0.619. The van der Waals surface area contributed by atoms with Crippen LogP contribution >= 0.6 is 23.5 Å². The normalized spacial score (nSPS) is 9.33. The molecular weight excluding hydrogens is 264 g/mol. The van der Waals surface area contributed by atoms with Gasteiger partial charge in [0.2, 0.25) is 0 Å². The van der Waals surface area contributed by atoms with Gasteiger partial charge in [-0.05, 0) is 42.6 Å². The summed E-state index contributed by atoms with van der Waals surface area (Å²) in [5, 5.41) is 0.540. The molecule has 0 aliphatic heterocycles. The van der Waals surface area contributed by atoms with E-state index in [0.717, 1.165) is 16.3 Å². The van der Waals surface area contributed by atoms with Crippen LogP contribution in [0.25, 0.3) is 0 Å². The third-order valence-electron chi connectivity index (χ3n) is 2.05. The van der Waals surface area contributed by atoms with E-state index in [-0.39, 0.29) is 0 Å². The molecular formula is C14H17ClN2S. The second-order valence-electron chi connectivity index (χ2n) is 3.32. The molecule has 0 radical (unpaired) electrons. The van der Waals surface area contributed by atoms with Crippen molar-refractivity contribution in [3.8, 4) is 0 Å². The van der Waals surface area contributed by atoms with Crippen molar-refractivity contribution in [2.24, 2.45) is 0 Å². The molecule has 0 fully saturated rings. The van der Waals surface area contributed by atoms with Crippen LogP contribution in [0.2, 0.25) is 5.15 Å². The number of nitrogens with one attached hydrogen (secondary N) is 1. The van der Waals surface area contributed by atoms with Crippen molar-refractivity contribution in [3.63, 3.8) is 0 Å². The Hall–Kier alpha value is -1.19. The SMILES string of the molecule is CC.Cc1ccc(NSc2ccccc2)nc1Cl. The topological polar surface area (TPSA) is 24.9 Å². The maximum atomic E-state index is 5.94. The van der Waals surface area contributed by atoms with Crippen molar-refractivity contribution in [1.82, 2.24) is 4.98 Å². The molecule has 0 aliphatic carbocycles. The number of pyridine rings is 1. The third kappa shape index (κ3) is 4.59. The molecule has 0 unspecified atom stereocenters. The zero-order chi connectivity index (χ0) is 13.4. The Morgan fingerprint density at radius 2 is 1.72 bits per heavy atom. The monoisotopic (exact) mass is 280 g/mol. The molecule has 1 heterocycles. The Morgan fingerprint density at radius 1 is 1.06 bits per heavy atom. The lowest BCUT2D eigenvalue weighted by Crippen LogP contribution is -1.91. The Morgan fingerprint density at radius 3 is 2.33 bits per heavy atom. The van der Waals surface area contributed by atoms with Crippen LogP contribution in [0.4, 0.5) is 5.82 Å². The predicted octanol–water partition coefficient (Wildman–Crippen LogP) is 5.19. The number of halogens is 1. The lowest BCUT2D eigenvalue weighted by atomic mass is 10.3. The lowest BCUT2D eigenvalue weighted by Gasteiger charge is -2.05. The summed E-state index contributed by atoms with van der Waals surface area (Å²) in [5.41, 5.74) is 0.983. The molecule has 0 aliphatic rings. The smallest absolute Gasteiger partial charge is 0.137 e. The minimum atomic E-state index is 0.540. The molecule has 0 saturated heterocycles. The third-order valence-corrected chi connectivity index (χ3v) is 3.25. The maximum Gasteiger partial charge on any atom is 0.137 e. The number of anilines is 1. The van der Waals surface area contributed by atoms with E-state index in [2.05, 4.69) is 9.71 Å². The first-order valence-electron chi connectivity index (χ1n) is 5.87. The molecule has 0 bridgehead atoms. The molecule has 18 heavy (non-hydrogen) atoms. The van der Waals surface area contributed by atoms with Crippen LogP contribution in [0, 0.1) is 6.92 Å². The molecule has 0 amide bonds. The second-order valence-corrected chi connectivity index (χ2v) is 4.56. The Kier molecular flexibility index (Phi) is 6.61. The first kappa shape index (κ1) is 14.9. The van der Waals surface area contributed by atoms with E-state index in [4.69, 9.17) is 11.6 Å². The van der Waals surface area contributed by atoms with E-state index in [1.54, 1.807) is 0 Å². The highest BCUT2D eigenvalue weighted by atomic mass is 35.5. The molecule has 2 nitrogen and oxygen atoms in total. The average Bonchev–Trinajstić information content (AvgIpc) is 2.44. The van der Waals surface area contributed by atoms with Gasteiger partial charge in [-0.3, -0.25) is 0 Å². The van der Waals surface area contributed by atoms with Crippen molar-refractivity contribution >= 4 is 29.4 Å². The van der Waals surface area contributed by atoms with Gasteiger partial charge in [0, 0.05) is 4.90 Å². The summed E-state index contributed by atoms with van der Waals surface area (Å²) in [5.74, 6) is 0.768. The van der Waals surface area contributed by atoms with Crippen LogP contribution in [0.15, 0.2) is 47.4 Å². The largest absolute Gasteiger partial charge is 0.310 e. The molecule has 1 aromatic heterocycles. The van der Waals surface area contributed by atoms with Crippen molar-refractivity contribution in [1.29, 1.82) is 0 Å². The highest BCUT2D eigenvalue weighted by Gasteiger charge is 1.99. The molecule has 1 N–H and O–H groups in total. The minimum absolute atomic E-state index is 0.540. The fraction of sp³-hybridized carbons (Fsp3) is 0.214. The summed E-state index contributed by atoms with van der Waals surface area (Å²) in [6.07, 6.45) is 0. The second kappa shape index (κ2) is 8.01. The lowest BCUT2D eigenvalue weighted by molar-refractivity contribution is 1.27. The average molecular weight is 281 g/mol. The Labute approximate surface area is 118 Å². The highest BCUT2D eigenvalue weighted by Crippen LogP contribution is 2.21. The standard InChI is InChI=1S/C12H11ClN2S.C2H6/c1-9-7-8-11(14-12(9)13)15-16-10-5-3-2-4-6-10;1-2/h2-8H,1H3,(H,14,15);1-2H3. The van der Waals surface area contributed by atoms with Crippen LogP contribution in [0.1, 0.15) is 19.4 Å². The molecule has 4 heteroatoms. The van der Waals surface area contributed by atoms with E-state index in [1.165, 1.54) is 11.9 Å². The zero-order valence-electron chi connectivity index (χ0n) is 10.8.